The van der Waals surface area contributed by atoms with Crippen molar-refractivity contribution in [3.8, 4) is 0 Å². The Bertz CT molecular complexity index is 154. The molecule has 1 aliphatic rings. The summed E-state index contributed by atoms with van der Waals surface area (Å²) in [5, 5.41) is 8.61. The van der Waals surface area contributed by atoms with Crippen molar-refractivity contribution in [2.45, 2.75) is 20.8 Å². The van der Waals surface area contributed by atoms with Crippen molar-refractivity contribution in [3.63, 3.8) is 0 Å². The molecule has 0 aliphatic carbocycles. The normalized spacial score (nSPS) is 17.3. The van der Waals surface area contributed by atoms with E-state index in [1.54, 1.807) is 4.90 Å². The highest BCUT2D eigenvalue weighted by molar-refractivity contribution is 5.77. The first-order valence-electron chi connectivity index (χ1n) is 5.39. The highest BCUT2D eigenvalue weighted by Gasteiger charge is 2.18. The van der Waals surface area contributed by atoms with Gasteiger partial charge in [-0.15, -0.1) is 0 Å². The Morgan fingerprint density at radius 1 is 1.21 bits per heavy atom. The Labute approximate surface area is 86.5 Å². The van der Waals surface area contributed by atoms with Gasteiger partial charge in [0.25, 0.3) is 0 Å². The van der Waals surface area contributed by atoms with Gasteiger partial charge in [0.2, 0.25) is 5.91 Å². The minimum absolute atomic E-state index is 0.147. The lowest BCUT2D eigenvalue weighted by Gasteiger charge is -2.33. The molecular formula is C10H22N2O2. The van der Waals surface area contributed by atoms with Crippen molar-refractivity contribution >= 4 is 5.91 Å². The highest BCUT2D eigenvalue weighted by Crippen LogP contribution is 2.00. The molecule has 1 aliphatic heterocycles. The Kier molecular flexibility index (Phi) is 7.42. The first-order chi connectivity index (χ1) is 6.77. The first kappa shape index (κ1) is 13.4. The van der Waals surface area contributed by atoms with Crippen LogP contribution in [0, 0.1) is 0 Å². The van der Waals surface area contributed by atoms with Crippen LogP contribution in [0.5, 0.6) is 0 Å². The molecule has 4 nitrogen and oxygen atoms in total. The zero-order valence-electron chi connectivity index (χ0n) is 9.49. The van der Waals surface area contributed by atoms with E-state index < -0.39 is 0 Å². The van der Waals surface area contributed by atoms with Crippen molar-refractivity contribution in [3.05, 3.63) is 0 Å². The van der Waals surface area contributed by atoms with Crippen LogP contribution in [0.15, 0.2) is 0 Å². The molecule has 0 spiro atoms. The molecule has 1 N–H and O–H groups in total. The number of rotatable bonds is 2. The maximum atomic E-state index is 11.0. The van der Waals surface area contributed by atoms with Crippen LogP contribution in [0.2, 0.25) is 0 Å². The standard InChI is InChI=1S/C8H16N2O2.C2H6/c1-2-9-3-5-10(6-4-9)8(12)7-11;1-2/h11H,2-7H2,1H3;1-2H3. The predicted molar refractivity (Wildman–Crippen MR) is 57.1 cm³/mol. The first-order valence-corrected chi connectivity index (χ1v) is 5.39. The molecule has 0 saturated carbocycles. The number of piperazine rings is 1. The van der Waals surface area contributed by atoms with Crippen molar-refractivity contribution in [2.24, 2.45) is 0 Å². The molecule has 1 heterocycles. The van der Waals surface area contributed by atoms with Crippen molar-refractivity contribution in [1.29, 1.82) is 0 Å². The Balaban J connectivity index is 0.000000791. The summed E-state index contributed by atoms with van der Waals surface area (Å²) in [6.07, 6.45) is 0. The lowest BCUT2D eigenvalue weighted by atomic mass is 10.3. The van der Waals surface area contributed by atoms with E-state index >= 15 is 0 Å². The molecule has 0 aromatic carbocycles. The molecule has 4 heteroatoms. The summed E-state index contributed by atoms with van der Waals surface area (Å²) in [5.74, 6) is -0.147. The average molecular weight is 202 g/mol. The van der Waals surface area contributed by atoms with E-state index in [0.717, 1.165) is 32.7 Å². The largest absolute Gasteiger partial charge is 0.387 e. The van der Waals surface area contributed by atoms with E-state index in [1.807, 2.05) is 13.8 Å². The van der Waals surface area contributed by atoms with Gasteiger partial charge < -0.3 is 14.9 Å². The molecule has 0 aromatic heterocycles. The molecule has 0 bridgehead atoms. The zero-order chi connectivity index (χ0) is 11.0. The second-order valence-corrected chi connectivity index (χ2v) is 2.97. The summed E-state index contributed by atoms with van der Waals surface area (Å²) < 4.78 is 0. The fraction of sp³-hybridized carbons (Fsp3) is 0.900. The summed E-state index contributed by atoms with van der Waals surface area (Å²) in [7, 11) is 0. The third kappa shape index (κ3) is 4.07. The van der Waals surface area contributed by atoms with E-state index in [9.17, 15) is 4.79 Å². The molecule has 0 radical (unpaired) electrons. The molecule has 1 saturated heterocycles. The van der Waals surface area contributed by atoms with E-state index in [2.05, 4.69) is 11.8 Å². The summed E-state index contributed by atoms with van der Waals surface area (Å²) in [6.45, 7) is 10.2. The van der Waals surface area contributed by atoms with Crippen molar-refractivity contribution < 1.29 is 9.90 Å². The van der Waals surface area contributed by atoms with E-state index in [4.69, 9.17) is 5.11 Å². The monoisotopic (exact) mass is 202 g/mol. The van der Waals surface area contributed by atoms with Gasteiger partial charge in [0, 0.05) is 26.2 Å². The predicted octanol–water partition coefficient (Wildman–Crippen LogP) is 0.169. The summed E-state index contributed by atoms with van der Waals surface area (Å²) >= 11 is 0. The van der Waals surface area contributed by atoms with Crippen molar-refractivity contribution in [2.75, 3.05) is 39.3 Å². The highest BCUT2D eigenvalue weighted by atomic mass is 16.3. The molecule has 0 aromatic rings. The molecule has 0 unspecified atom stereocenters. The van der Waals surface area contributed by atoms with E-state index in [0.29, 0.717) is 0 Å². The van der Waals surface area contributed by atoms with Gasteiger partial charge in [0.1, 0.15) is 6.61 Å². The molecule has 1 amide bonds. The minimum atomic E-state index is -0.355. The number of carbonyl (C=O) groups is 1. The van der Waals surface area contributed by atoms with E-state index in [1.165, 1.54) is 0 Å². The Hall–Kier alpha value is -0.610. The maximum absolute atomic E-state index is 11.0. The Morgan fingerprint density at radius 3 is 2.07 bits per heavy atom. The second kappa shape index (κ2) is 7.76. The zero-order valence-corrected chi connectivity index (χ0v) is 9.49. The molecule has 1 fully saturated rings. The molecular weight excluding hydrogens is 180 g/mol. The van der Waals surface area contributed by atoms with Crippen LogP contribution in [-0.2, 0) is 4.79 Å². The Morgan fingerprint density at radius 2 is 1.71 bits per heavy atom. The van der Waals surface area contributed by atoms with Gasteiger partial charge in [-0.25, -0.2) is 0 Å². The average Bonchev–Trinajstić information content (AvgIpc) is 2.31. The van der Waals surface area contributed by atoms with Crippen LogP contribution in [0.3, 0.4) is 0 Å². The number of aliphatic hydroxyl groups is 1. The molecule has 14 heavy (non-hydrogen) atoms. The number of hydrogen-bond donors (Lipinski definition) is 1. The topological polar surface area (TPSA) is 43.8 Å². The van der Waals surface area contributed by atoms with Crippen LogP contribution in [-0.4, -0.2) is 60.1 Å². The van der Waals surface area contributed by atoms with Gasteiger partial charge in [-0.05, 0) is 6.54 Å². The fourth-order valence-electron chi connectivity index (χ4n) is 1.41. The van der Waals surface area contributed by atoms with Crippen LogP contribution in [0.4, 0.5) is 0 Å². The SMILES string of the molecule is CC.CCN1CCN(C(=O)CO)CC1. The molecule has 0 atom stereocenters. The quantitative estimate of drug-likeness (QED) is 0.694. The summed E-state index contributed by atoms with van der Waals surface area (Å²) in [5.41, 5.74) is 0. The number of likely N-dealkylation sites (N-methyl/N-ethyl adjacent to an activating group) is 1. The van der Waals surface area contributed by atoms with Gasteiger partial charge in [-0.1, -0.05) is 20.8 Å². The maximum Gasteiger partial charge on any atom is 0.248 e. The van der Waals surface area contributed by atoms with Gasteiger partial charge >= 0.3 is 0 Å². The third-order valence-corrected chi connectivity index (χ3v) is 2.31. The number of hydrogen-bond acceptors (Lipinski definition) is 3. The van der Waals surface area contributed by atoms with Crippen LogP contribution in [0.1, 0.15) is 20.8 Å². The van der Waals surface area contributed by atoms with Gasteiger partial charge in [0.15, 0.2) is 0 Å². The summed E-state index contributed by atoms with van der Waals surface area (Å²) in [4.78, 5) is 15.0. The van der Waals surface area contributed by atoms with Gasteiger partial charge in [-0.3, -0.25) is 4.79 Å². The third-order valence-electron chi connectivity index (χ3n) is 2.31. The van der Waals surface area contributed by atoms with Gasteiger partial charge in [0.05, 0.1) is 0 Å². The lowest BCUT2D eigenvalue weighted by Crippen LogP contribution is -2.49. The number of aliphatic hydroxyl groups excluding tert-OH is 1. The van der Waals surface area contributed by atoms with Crippen LogP contribution < -0.4 is 0 Å². The number of nitrogens with zero attached hydrogens (tertiary/aromatic N) is 2. The van der Waals surface area contributed by atoms with E-state index in [-0.39, 0.29) is 12.5 Å². The molecule has 1 rings (SSSR count). The lowest BCUT2D eigenvalue weighted by molar-refractivity contribution is -0.135. The number of amides is 1. The smallest absolute Gasteiger partial charge is 0.248 e. The number of carbonyl (C=O) groups excluding carboxylic acids is 1. The van der Waals surface area contributed by atoms with Crippen molar-refractivity contribution in [1.82, 2.24) is 9.80 Å². The fourth-order valence-corrected chi connectivity index (χ4v) is 1.41. The van der Waals surface area contributed by atoms with Crippen LogP contribution in [0.25, 0.3) is 0 Å². The van der Waals surface area contributed by atoms with Gasteiger partial charge in [-0.2, -0.15) is 0 Å². The minimum Gasteiger partial charge on any atom is -0.387 e. The summed E-state index contributed by atoms with van der Waals surface area (Å²) in [6, 6.07) is 0. The second-order valence-electron chi connectivity index (χ2n) is 2.97. The van der Waals surface area contributed by atoms with Crippen LogP contribution >= 0.6 is 0 Å². The molecule has 84 valence electrons.